The maximum Gasteiger partial charge on any atom is 0.435 e. The highest BCUT2D eigenvalue weighted by molar-refractivity contribution is 7.84. The highest BCUT2D eigenvalue weighted by atomic mass is 35.5. The minimum Gasteiger partial charge on any atom is -0.369 e. The van der Waals surface area contributed by atoms with Crippen molar-refractivity contribution in [2.24, 2.45) is 11.7 Å². The average Bonchev–Trinajstić information content (AvgIpc) is 3.23. The molecule has 3 N–H and O–H groups in total. The number of rotatable bonds is 8. The fourth-order valence-corrected chi connectivity index (χ4v) is 5.68. The van der Waals surface area contributed by atoms with Crippen LogP contribution < -0.4 is 11.1 Å². The zero-order chi connectivity index (χ0) is 30.2. The van der Waals surface area contributed by atoms with Gasteiger partial charge in [-0.1, -0.05) is 29.8 Å². The summed E-state index contributed by atoms with van der Waals surface area (Å²) in [4.78, 5) is 30.5. The van der Waals surface area contributed by atoms with Crippen LogP contribution in [0.3, 0.4) is 0 Å². The van der Waals surface area contributed by atoms with Gasteiger partial charge in [-0.05, 0) is 31.6 Å². The Kier molecular flexibility index (Phi) is 8.89. The zero-order valence-electron chi connectivity index (χ0n) is 21.2. The highest BCUT2D eigenvalue weighted by Crippen LogP contribution is 2.43. The van der Waals surface area contributed by atoms with E-state index in [1.54, 1.807) is 6.92 Å². The summed E-state index contributed by atoms with van der Waals surface area (Å²) in [6.07, 6.45) is -4.63. The Morgan fingerprint density at radius 3 is 2.40 bits per heavy atom. The van der Waals surface area contributed by atoms with Crippen molar-refractivity contribution in [3.05, 3.63) is 69.8 Å². The summed E-state index contributed by atoms with van der Waals surface area (Å²) >= 11 is 6.39. The molecule has 0 bridgehead atoms. The van der Waals surface area contributed by atoms with Crippen molar-refractivity contribution < 1.29 is 40.1 Å². The smallest absolute Gasteiger partial charge is 0.369 e. The van der Waals surface area contributed by atoms with Crippen LogP contribution in [0.2, 0.25) is 0 Å². The molecule has 0 aromatic carbocycles. The number of primary amides is 1. The van der Waals surface area contributed by atoms with Crippen LogP contribution in [0.1, 0.15) is 35.3 Å². The third kappa shape index (κ3) is 6.40. The van der Waals surface area contributed by atoms with Gasteiger partial charge >= 0.3 is 12.4 Å². The molecule has 1 aliphatic carbocycles. The molecule has 1 aliphatic rings. The lowest BCUT2D eigenvalue weighted by molar-refractivity contribution is -0.144. The monoisotopic (exact) mass is 611 g/mol. The molecule has 16 heteroatoms. The van der Waals surface area contributed by atoms with E-state index in [-0.39, 0.29) is 38.5 Å². The van der Waals surface area contributed by atoms with Crippen molar-refractivity contribution in [3.63, 3.8) is 0 Å². The normalized spacial score (nSPS) is 21.1. The number of nitrogens with zero attached hydrogens (tertiary/aromatic N) is 3. The Morgan fingerprint density at radius 1 is 1.23 bits per heavy atom. The van der Waals surface area contributed by atoms with Gasteiger partial charge < -0.3 is 11.1 Å². The molecule has 0 aliphatic heterocycles. The highest BCUT2D eigenvalue weighted by Gasteiger charge is 2.51. The number of amides is 2. The van der Waals surface area contributed by atoms with E-state index in [0.29, 0.717) is 0 Å². The van der Waals surface area contributed by atoms with Crippen LogP contribution in [0.25, 0.3) is 0 Å². The number of halogens is 7. The molecule has 0 saturated heterocycles. The lowest BCUT2D eigenvalue weighted by Gasteiger charge is -2.38. The van der Waals surface area contributed by atoms with Crippen LogP contribution in [0.4, 0.5) is 26.3 Å². The van der Waals surface area contributed by atoms with E-state index >= 15 is 0 Å². The molecule has 2 aromatic heterocycles. The molecule has 40 heavy (non-hydrogen) atoms. The number of carbonyl (C=O) groups excluding carboxylic acids is 2. The van der Waals surface area contributed by atoms with E-state index in [1.807, 2.05) is 0 Å². The second-order valence-corrected chi connectivity index (χ2v) is 11.1. The largest absolute Gasteiger partial charge is 0.435 e. The van der Waals surface area contributed by atoms with Crippen LogP contribution in [0, 0.1) is 12.8 Å². The summed E-state index contributed by atoms with van der Waals surface area (Å²) in [6.45, 7) is 2.23. The standard InChI is InChI=1S/C24H24ClF6N5O3S/c1-12(11-40(3)39)33-20(37)19-16(25)5-4-8-22(19,21(32)38)15-7-6-14(34-13(15)2)10-36-18(24(29,30)31)9-17(35-36)23(26,27)28/h4-9,12,19H,10-11H2,1-3H3,(H2,32,38)(H,33,37)/t12-,19?,22?,40?/m0/s1. The first kappa shape index (κ1) is 31.3. The summed E-state index contributed by atoms with van der Waals surface area (Å²) in [5.74, 6) is -2.93. The molecule has 3 unspecified atom stereocenters. The number of aromatic nitrogens is 3. The van der Waals surface area contributed by atoms with E-state index in [4.69, 9.17) is 17.3 Å². The molecule has 8 nitrogen and oxygen atoms in total. The summed E-state index contributed by atoms with van der Waals surface area (Å²) in [6, 6.07) is 1.84. The summed E-state index contributed by atoms with van der Waals surface area (Å²) in [5, 5.41) is 5.68. The lowest BCUT2D eigenvalue weighted by atomic mass is 9.66. The number of nitrogens with two attached hydrogens (primary N) is 1. The Bertz CT molecular complexity index is 1400. The van der Waals surface area contributed by atoms with Crippen molar-refractivity contribution >= 4 is 34.2 Å². The first-order valence-electron chi connectivity index (χ1n) is 11.5. The van der Waals surface area contributed by atoms with Gasteiger partial charge in [-0.15, -0.1) is 0 Å². The second kappa shape index (κ2) is 11.4. The SMILES string of the molecule is Cc1nc(Cn2nc(C(F)(F)F)cc2C(F)(F)F)ccc1C1(C(N)=O)C=CC=C(Cl)C1C(=O)N[C@@H](C)CS(C)=O. The summed E-state index contributed by atoms with van der Waals surface area (Å²) in [7, 11) is -1.24. The second-order valence-electron chi connectivity index (χ2n) is 9.23. The predicted octanol–water partition coefficient (Wildman–Crippen LogP) is 3.59. The summed E-state index contributed by atoms with van der Waals surface area (Å²) < 4.78 is 91.1. The molecule has 218 valence electrons. The number of hydrogen-bond donors (Lipinski definition) is 2. The number of hydrogen-bond acceptors (Lipinski definition) is 5. The van der Waals surface area contributed by atoms with Gasteiger partial charge in [-0.3, -0.25) is 23.5 Å². The number of pyridine rings is 1. The maximum absolute atomic E-state index is 13.4. The number of nitrogens with one attached hydrogen (secondary N) is 1. The molecule has 3 rings (SSSR count). The Labute approximate surface area is 232 Å². The van der Waals surface area contributed by atoms with Crippen LogP contribution >= 0.6 is 11.6 Å². The van der Waals surface area contributed by atoms with E-state index < -0.39 is 70.3 Å². The molecular weight excluding hydrogens is 588 g/mol. The Morgan fingerprint density at radius 2 is 1.88 bits per heavy atom. The van der Waals surface area contributed by atoms with Crippen molar-refractivity contribution in [3.8, 4) is 0 Å². The molecule has 2 heterocycles. The van der Waals surface area contributed by atoms with Gasteiger partial charge in [-0.25, -0.2) is 0 Å². The van der Waals surface area contributed by atoms with E-state index in [9.17, 15) is 40.1 Å². The first-order valence-corrected chi connectivity index (χ1v) is 13.6. The third-order valence-corrected chi connectivity index (χ3v) is 7.46. The van der Waals surface area contributed by atoms with Crippen LogP contribution in [0.15, 0.2) is 41.5 Å². The van der Waals surface area contributed by atoms with Gasteiger partial charge in [0, 0.05) is 45.6 Å². The fraction of sp³-hybridized carbons (Fsp3) is 0.417. The molecule has 0 spiro atoms. The van der Waals surface area contributed by atoms with Gasteiger partial charge in [0.05, 0.1) is 18.2 Å². The van der Waals surface area contributed by atoms with Crippen molar-refractivity contribution in [1.29, 1.82) is 0 Å². The molecule has 2 aromatic rings. The molecule has 0 fully saturated rings. The van der Waals surface area contributed by atoms with Crippen LogP contribution in [0.5, 0.6) is 0 Å². The summed E-state index contributed by atoms with van der Waals surface area (Å²) in [5.41, 5.74) is 0.643. The van der Waals surface area contributed by atoms with Gasteiger partial charge in [0.15, 0.2) is 5.69 Å². The maximum atomic E-state index is 13.4. The quantitative estimate of drug-likeness (QED) is 0.442. The zero-order valence-corrected chi connectivity index (χ0v) is 22.8. The number of carbonyl (C=O) groups is 2. The Hall–Kier alpha value is -3.20. The van der Waals surface area contributed by atoms with Gasteiger partial charge in [0.25, 0.3) is 0 Å². The lowest BCUT2D eigenvalue weighted by Crippen LogP contribution is -2.54. The molecular formula is C24H24ClF6N5O3S. The first-order chi connectivity index (χ1) is 18.4. The van der Waals surface area contributed by atoms with Crippen molar-refractivity contribution in [2.45, 2.75) is 44.2 Å². The molecule has 0 radical (unpaired) electrons. The Balaban J connectivity index is 2.05. The fourth-order valence-electron chi connectivity index (χ4n) is 4.55. The average molecular weight is 612 g/mol. The van der Waals surface area contributed by atoms with E-state index in [0.717, 1.165) is 0 Å². The van der Waals surface area contributed by atoms with Gasteiger partial charge in [-0.2, -0.15) is 31.4 Å². The molecule has 4 atom stereocenters. The molecule has 0 saturated carbocycles. The van der Waals surface area contributed by atoms with Gasteiger partial charge in [0.1, 0.15) is 11.1 Å². The minimum atomic E-state index is -5.13. The predicted molar refractivity (Wildman–Crippen MR) is 134 cm³/mol. The van der Waals surface area contributed by atoms with Gasteiger partial charge in [0.2, 0.25) is 11.8 Å². The number of allylic oxidation sites excluding steroid dienone is 2. The molecule has 2 amide bonds. The minimum absolute atomic E-state index is 0.0434. The van der Waals surface area contributed by atoms with Crippen LogP contribution in [-0.4, -0.2) is 48.8 Å². The number of alkyl halides is 6. The number of aryl methyl sites for hydroxylation is 1. The third-order valence-electron chi connectivity index (χ3n) is 6.15. The van der Waals surface area contributed by atoms with Crippen molar-refractivity contribution in [1.82, 2.24) is 20.1 Å². The van der Waals surface area contributed by atoms with Crippen molar-refractivity contribution in [2.75, 3.05) is 12.0 Å². The van der Waals surface area contributed by atoms with E-state index in [2.05, 4.69) is 15.4 Å². The topological polar surface area (TPSA) is 120 Å². The van der Waals surface area contributed by atoms with Crippen LogP contribution in [-0.2, 0) is 44.7 Å². The van der Waals surface area contributed by atoms with E-state index in [1.165, 1.54) is 43.5 Å².